The van der Waals surface area contributed by atoms with Crippen molar-refractivity contribution < 1.29 is 31.9 Å². The number of hydrogen-bond acceptors (Lipinski definition) is 2. The van der Waals surface area contributed by atoms with E-state index >= 15 is 0 Å². The molecule has 4 rings (SSSR count). The maximum absolute atomic E-state index is 11.8. The minimum absolute atomic E-state index is 0. The standard InChI is InChI=1S/2C15H16O.Ti/c2*1-15(2,12-8-4-3-5-9-12)13-10-6-7-11-14(13)16;/h2*3-11,16H,1-2H3;/q;;+2/p-2. The van der Waals surface area contributed by atoms with Crippen LogP contribution in [0.2, 0.25) is 0 Å². The molecular formula is C30H30O2Ti. The fraction of sp³-hybridized carbons (Fsp3) is 0.200. The van der Waals surface area contributed by atoms with E-state index in [1.807, 2.05) is 60.7 Å². The average Bonchev–Trinajstić information content (AvgIpc) is 2.81. The monoisotopic (exact) mass is 470 g/mol. The van der Waals surface area contributed by atoms with Gasteiger partial charge >= 0.3 is 21.7 Å². The molecule has 0 saturated heterocycles. The number of benzene rings is 4. The van der Waals surface area contributed by atoms with E-state index in [9.17, 15) is 10.2 Å². The maximum atomic E-state index is 11.8. The largest absolute Gasteiger partial charge is 2.00 e. The number of hydrogen-bond donors (Lipinski definition) is 0. The minimum Gasteiger partial charge on any atom is -0.872 e. The van der Waals surface area contributed by atoms with Crippen LogP contribution in [0.1, 0.15) is 49.9 Å². The van der Waals surface area contributed by atoms with Crippen molar-refractivity contribution >= 4 is 0 Å². The zero-order chi connectivity index (χ0) is 23.2. The number of rotatable bonds is 4. The van der Waals surface area contributed by atoms with Gasteiger partial charge in [-0.15, -0.1) is 11.5 Å². The summed E-state index contributed by atoms with van der Waals surface area (Å²) in [7, 11) is 0. The Morgan fingerprint density at radius 1 is 0.424 bits per heavy atom. The van der Waals surface area contributed by atoms with Gasteiger partial charge in [0.2, 0.25) is 0 Å². The summed E-state index contributed by atoms with van der Waals surface area (Å²) >= 11 is 0. The zero-order valence-electron chi connectivity index (χ0n) is 19.7. The van der Waals surface area contributed by atoms with Gasteiger partial charge in [-0.2, -0.15) is 0 Å². The van der Waals surface area contributed by atoms with E-state index < -0.39 is 0 Å². The first kappa shape index (κ1) is 26.4. The molecule has 3 heteroatoms. The Morgan fingerprint density at radius 2 is 0.697 bits per heavy atom. The Kier molecular flexibility index (Phi) is 9.11. The third kappa shape index (κ3) is 6.16. The van der Waals surface area contributed by atoms with Gasteiger partial charge in [0.1, 0.15) is 0 Å². The van der Waals surface area contributed by atoms with Crippen LogP contribution >= 0.6 is 0 Å². The molecule has 4 aromatic rings. The van der Waals surface area contributed by atoms with Gasteiger partial charge in [0.05, 0.1) is 0 Å². The molecule has 0 atom stereocenters. The van der Waals surface area contributed by atoms with Gasteiger partial charge in [0.15, 0.2) is 0 Å². The fourth-order valence-corrected chi connectivity index (χ4v) is 3.99. The van der Waals surface area contributed by atoms with Gasteiger partial charge in [-0.25, -0.2) is 0 Å². The molecule has 4 aromatic carbocycles. The summed E-state index contributed by atoms with van der Waals surface area (Å²) in [6, 6.07) is 34.7. The van der Waals surface area contributed by atoms with E-state index in [-0.39, 0.29) is 44.0 Å². The topological polar surface area (TPSA) is 46.1 Å². The smallest absolute Gasteiger partial charge is 0.872 e. The molecule has 0 aliphatic heterocycles. The van der Waals surface area contributed by atoms with Crippen LogP contribution < -0.4 is 10.2 Å². The van der Waals surface area contributed by atoms with Crippen LogP contribution in [-0.4, -0.2) is 0 Å². The first-order chi connectivity index (χ1) is 15.2. The predicted octanol–water partition coefficient (Wildman–Crippen LogP) is 6.17. The average molecular weight is 470 g/mol. The molecule has 33 heavy (non-hydrogen) atoms. The van der Waals surface area contributed by atoms with Gasteiger partial charge in [-0.1, -0.05) is 137 Å². The third-order valence-corrected chi connectivity index (χ3v) is 6.11. The molecule has 0 fully saturated rings. The van der Waals surface area contributed by atoms with E-state index in [0.29, 0.717) is 0 Å². The van der Waals surface area contributed by atoms with Crippen LogP contribution in [0.3, 0.4) is 0 Å². The molecule has 0 unspecified atom stereocenters. The Labute approximate surface area is 212 Å². The number of para-hydroxylation sites is 2. The van der Waals surface area contributed by atoms with Crippen molar-refractivity contribution in [2.24, 2.45) is 0 Å². The zero-order valence-corrected chi connectivity index (χ0v) is 21.3. The molecular weight excluding hydrogens is 440 g/mol. The van der Waals surface area contributed by atoms with Crippen LogP contribution in [0.25, 0.3) is 0 Å². The Bertz CT molecular complexity index is 1040. The van der Waals surface area contributed by atoms with E-state index in [2.05, 4.69) is 52.0 Å². The molecule has 0 spiro atoms. The van der Waals surface area contributed by atoms with Crippen molar-refractivity contribution in [3.05, 3.63) is 131 Å². The van der Waals surface area contributed by atoms with Gasteiger partial charge in [-0.05, 0) is 22.3 Å². The third-order valence-electron chi connectivity index (χ3n) is 6.11. The second-order valence-electron chi connectivity index (χ2n) is 8.97. The van der Waals surface area contributed by atoms with Crippen LogP contribution in [0.4, 0.5) is 0 Å². The van der Waals surface area contributed by atoms with Crippen molar-refractivity contribution in [2.45, 2.75) is 38.5 Å². The molecule has 0 saturated carbocycles. The molecule has 0 aliphatic carbocycles. The maximum Gasteiger partial charge on any atom is 2.00 e. The Balaban J connectivity index is 0.000000227. The quantitative estimate of drug-likeness (QED) is 0.335. The van der Waals surface area contributed by atoms with Crippen molar-refractivity contribution in [1.82, 2.24) is 0 Å². The molecule has 0 aliphatic rings. The molecule has 0 bridgehead atoms. The van der Waals surface area contributed by atoms with Crippen LogP contribution in [-0.2, 0) is 32.5 Å². The van der Waals surface area contributed by atoms with E-state index in [0.717, 1.165) is 11.1 Å². The first-order valence-electron chi connectivity index (χ1n) is 10.9. The van der Waals surface area contributed by atoms with E-state index in [4.69, 9.17) is 0 Å². The molecule has 166 valence electrons. The van der Waals surface area contributed by atoms with Gasteiger partial charge < -0.3 is 10.2 Å². The van der Waals surface area contributed by atoms with Crippen LogP contribution in [0.15, 0.2) is 109 Å². The summed E-state index contributed by atoms with van der Waals surface area (Å²) in [6.07, 6.45) is 0. The predicted molar refractivity (Wildman–Crippen MR) is 129 cm³/mol. The molecule has 0 aromatic heterocycles. The summed E-state index contributed by atoms with van der Waals surface area (Å²) in [5.74, 6) is 0.215. The molecule has 0 radical (unpaired) electrons. The summed E-state index contributed by atoms with van der Waals surface area (Å²) in [5, 5.41) is 23.7. The van der Waals surface area contributed by atoms with Crippen molar-refractivity contribution in [3.63, 3.8) is 0 Å². The second kappa shape index (κ2) is 11.4. The van der Waals surface area contributed by atoms with E-state index in [1.165, 1.54) is 11.1 Å². The van der Waals surface area contributed by atoms with Crippen LogP contribution in [0, 0.1) is 0 Å². The fourth-order valence-electron chi connectivity index (χ4n) is 3.99. The summed E-state index contributed by atoms with van der Waals surface area (Å²) in [5.41, 5.74) is 3.55. The van der Waals surface area contributed by atoms with Gasteiger partial charge in [0, 0.05) is 10.8 Å². The molecule has 0 N–H and O–H groups in total. The summed E-state index contributed by atoms with van der Waals surface area (Å²) in [6.45, 7) is 8.33. The normalized spacial score (nSPS) is 11.0. The minimum atomic E-state index is -0.237. The van der Waals surface area contributed by atoms with E-state index in [1.54, 1.807) is 24.3 Å². The van der Waals surface area contributed by atoms with Crippen molar-refractivity contribution in [1.29, 1.82) is 0 Å². The van der Waals surface area contributed by atoms with Crippen molar-refractivity contribution in [2.75, 3.05) is 0 Å². The SMILES string of the molecule is CC(C)(c1ccccc1)c1ccccc1[O-].CC(C)(c1ccccc1)c1ccccc1[O-].[Ti+2]. The molecule has 0 heterocycles. The van der Waals surface area contributed by atoms with Gasteiger partial charge in [-0.3, -0.25) is 0 Å². The summed E-state index contributed by atoms with van der Waals surface area (Å²) < 4.78 is 0. The second-order valence-corrected chi connectivity index (χ2v) is 8.97. The Morgan fingerprint density at radius 3 is 1.00 bits per heavy atom. The molecule has 2 nitrogen and oxygen atoms in total. The summed E-state index contributed by atoms with van der Waals surface area (Å²) in [4.78, 5) is 0. The van der Waals surface area contributed by atoms with Crippen LogP contribution in [0.5, 0.6) is 11.5 Å². The molecule has 0 amide bonds. The Hall–Kier alpha value is -2.81. The van der Waals surface area contributed by atoms with Gasteiger partial charge in [0.25, 0.3) is 0 Å². The first-order valence-corrected chi connectivity index (χ1v) is 10.9. The van der Waals surface area contributed by atoms with Crippen molar-refractivity contribution in [3.8, 4) is 11.5 Å².